The van der Waals surface area contributed by atoms with Crippen LogP contribution in [0, 0.1) is 20.8 Å². The fraction of sp³-hybridized carbons (Fsp3) is 0.400. The molecule has 0 spiro atoms. The average Bonchev–Trinajstić information content (AvgIpc) is 3.19. The van der Waals surface area contributed by atoms with E-state index in [2.05, 4.69) is 40.1 Å². The first-order valence-electron chi connectivity index (χ1n) is 9.06. The Morgan fingerprint density at radius 1 is 1.19 bits per heavy atom. The summed E-state index contributed by atoms with van der Waals surface area (Å²) in [6, 6.07) is 6.02. The molecule has 0 saturated carbocycles. The van der Waals surface area contributed by atoms with Gasteiger partial charge in [0.2, 0.25) is 0 Å². The molecule has 0 atom stereocenters. The van der Waals surface area contributed by atoms with E-state index in [0.717, 1.165) is 59.5 Å². The molecule has 0 aliphatic carbocycles. The van der Waals surface area contributed by atoms with Crippen LogP contribution in [0.4, 0.5) is 0 Å². The number of benzene rings is 1. The van der Waals surface area contributed by atoms with Crippen molar-refractivity contribution in [3.05, 3.63) is 52.7 Å². The Balaban J connectivity index is 1.62. The second-order valence-electron chi connectivity index (χ2n) is 7.15. The molecule has 6 heteroatoms. The molecule has 1 fully saturated rings. The zero-order chi connectivity index (χ0) is 18.3. The van der Waals surface area contributed by atoms with Crippen molar-refractivity contribution in [3.8, 4) is 0 Å². The van der Waals surface area contributed by atoms with Gasteiger partial charge in [-0.2, -0.15) is 5.10 Å². The van der Waals surface area contributed by atoms with E-state index in [9.17, 15) is 4.79 Å². The lowest BCUT2D eigenvalue weighted by Crippen LogP contribution is -2.38. The van der Waals surface area contributed by atoms with E-state index >= 15 is 0 Å². The van der Waals surface area contributed by atoms with E-state index < -0.39 is 0 Å². The highest BCUT2D eigenvalue weighted by molar-refractivity contribution is 6.07. The fourth-order valence-corrected chi connectivity index (χ4v) is 3.77. The normalized spacial score (nSPS) is 15.6. The minimum Gasteiger partial charge on any atom is -0.339 e. The lowest BCUT2D eigenvalue weighted by Gasteiger charge is -2.31. The van der Waals surface area contributed by atoms with Crippen LogP contribution in [-0.2, 0) is 0 Å². The summed E-state index contributed by atoms with van der Waals surface area (Å²) in [5.41, 5.74) is 4.91. The maximum Gasteiger partial charge on any atom is 0.254 e. The molecule has 1 aromatic carbocycles. The minimum absolute atomic E-state index is 0.0970. The molecule has 0 unspecified atom stereocenters. The SMILES string of the molecule is Cc1cc(C(=O)N2CCC(c3ncn[nH]3)CC2)c2ccc(C)c(C)c2n1. The summed E-state index contributed by atoms with van der Waals surface area (Å²) in [7, 11) is 0. The molecule has 0 bridgehead atoms. The molecule has 1 aliphatic rings. The van der Waals surface area contributed by atoms with Crippen LogP contribution in [0.1, 0.15) is 51.8 Å². The topological polar surface area (TPSA) is 74.8 Å². The Morgan fingerprint density at radius 3 is 2.65 bits per heavy atom. The first kappa shape index (κ1) is 16.7. The van der Waals surface area contributed by atoms with Gasteiger partial charge < -0.3 is 4.90 Å². The number of nitrogens with one attached hydrogen (secondary N) is 1. The van der Waals surface area contributed by atoms with E-state index in [4.69, 9.17) is 0 Å². The molecule has 3 aromatic rings. The van der Waals surface area contributed by atoms with E-state index in [1.807, 2.05) is 24.0 Å². The van der Waals surface area contributed by atoms with Crippen molar-refractivity contribution in [3.63, 3.8) is 0 Å². The largest absolute Gasteiger partial charge is 0.339 e. The van der Waals surface area contributed by atoms with Crippen LogP contribution in [0.25, 0.3) is 10.9 Å². The average molecular weight is 349 g/mol. The van der Waals surface area contributed by atoms with E-state index in [1.54, 1.807) is 6.33 Å². The van der Waals surface area contributed by atoms with Crippen molar-refractivity contribution in [1.82, 2.24) is 25.1 Å². The number of carbonyl (C=O) groups is 1. The van der Waals surface area contributed by atoms with Crippen LogP contribution < -0.4 is 0 Å². The van der Waals surface area contributed by atoms with Crippen molar-refractivity contribution in [2.24, 2.45) is 0 Å². The molecule has 3 heterocycles. The first-order chi connectivity index (χ1) is 12.5. The Bertz CT molecular complexity index is 956. The van der Waals surface area contributed by atoms with Crippen molar-refractivity contribution in [2.75, 3.05) is 13.1 Å². The molecule has 1 saturated heterocycles. The molecule has 4 rings (SSSR count). The predicted molar refractivity (Wildman–Crippen MR) is 100 cm³/mol. The predicted octanol–water partition coefficient (Wildman–Crippen LogP) is 3.30. The highest BCUT2D eigenvalue weighted by atomic mass is 16.2. The van der Waals surface area contributed by atoms with Crippen LogP contribution in [0.15, 0.2) is 24.5 Å². The monoisotopic (exact) mass is 349 g/mol. The minimum atomic E-state index is 0.0970. The highest BCUT2D eigenvalue weighted by Gasteiger charge is 2.27. The number of carbonyl (C=O) groups excluding carboxylic acids is 1. The summed E-state index contributed by atoms with van der Waals surface area (Å²) in [4.78, 5) is 24.1. The molecule has 6 nitrogen and oxygen atoms in total. The van der Waals surface area contributed by atoms with Gasteiger partial charge in [-0.05, 0) is 50.8 Å². The number of amides is 1. The quantitative estimate of drug-likeness (QED) is 0.770. The Hall–Kier alpha value is -2.76. The molecule has 26 heavy (non-hydrogen) atoms. The number of aryl methyl sites for hydroxylation is 3. The number of fused-ring (bicyclic) bond motifs is 1. The standard InChI is InChI=1S/C20H23N5O/c1-12-4-5-16-17(10-13(2)23-18(16)14(12)3)20(26)25-8-6-15(7-9-25)19-21-11-22-24-19/h4-5,10-11,15H,6-9H2,1-3H3,(H,21,22,24). The third-order valence-electron chi connectivity index (χ3n) is 5.47. The van der Waals surface area contributed by atoms with Gasteiger partial charge in [0.1, 0.15) is 12.2 Å². The van der Waals surface area contributed by atoms with Crippen LogP contribution in [0.2, 0.25) is 0 Å². The number of nitrogens with zero attached hydrogens (tertiary/aromatic N) is 4. The van der Waals surface area contributed by atoms with Crippen molar-refractivity contribution >= 4 is 16.8 Å². The molecule has 134 valence electrons. The number of hydrogen-bond donors (Lipinski definition) is 1. The number of aromatic nitrogens is 4. The van der Waals surface area contributed by atoms with Gasteiger partial charge in [0.05, 0.1) is 11.1 Å². The summed E-state index contributed by atoms with van der Waals surface area (Å²) in [6.07, 6.45) is 3.35. The summed E-state index contributed by atoms with van der Waals surface area (Å²) in [5, 5.41) is 7.83. The molecule has 1 N–H and O–H groups in total. The number of pyridine rings is 1. The number of aromatic amines is 1. The Morgan fingerprint density at radius 2 is 1.96 bits per heavy atom. The number of hydrogen-bond acceptors (Lipinski definition) is 4. The highest BCUT2D eigenvalue weighted by Crippen LogP contribution is 2.29. The maximum atomic E-state index is 13.2. The van der Waals surface area contributed by atoms with Gasteiger partial charge in [0.15, 0.2) is 0 Å². The van der Waals surface area contributed by atoms with Crippen molar-refractivity contribution < 1.29 is 4.79 Å². The van der Waals surface area contributed by atoms with Crippen molar-refractivity contribution in [2.45, 2.75) is 39.5 Å². The van der Waals surface area contributed by atoms with E-state index in [1.165, 1.54) is 5.56 Å². The van der Waals surface area contributed by atoms with Gasteiger partial charge in [-0.15, -0.1) is 0 Å². The van der Waals surface area contributed by atoms with Crippen molar-refractivity contribution in [1.29, 1.82) is 0 Å². The smallest absolute Gasteiger partial charge is 0.254 e. The maximum absolute atomic E-state index is 13.2. The summed E-state index contributed by atoms with van der Waals surface area (Å²) in [6.45, 7) is 7.57. The molecular weight excluding hydrogens is 326 g/mol. The summed E-state index contributed by atoms with van der Waals surface area (Å²) < 4.78 is 0. The fourth-order valence-electron chi connectivity index (χ4n) is 3.77. The van der Waals surface area contributed by atoms with Gasteiger partial charge in [0, 0.05) is 30.1 Å². The Labute approximate surface area is 152 Å². The van der Waals surface area contributed by atoms with Gasteiger partial charge in [-0.1, -0.05) is 12.1 Å². The van der Waals surface area contributed by atoms with Gasteiger partial charge >= 0.3 is 0 Å². The molecule has 1 amide bonds. The van der Waals surface area contributed by atoms with E-state index in [0.29, 0.717) is 5.92 Å². The third-order valence-corrected chi connectivity index (χ3v) is 5.47. The molecule has 2 aromatic heterocycles. The molecule has 0 radical (unpaired) electrons. The lowest BCUT2D eigenvalue weighted by molar-refractivity contribution is 0.0713. The van der Waals surface area contributed by atoms with E-state index in [-0.39, 0.29) is 5.91 Å². The summed E-state index contributed by atoms with van der Waals surface area (Å²) >= 11 is 0. The van der Waals surface area contributed by atoms with Crippen LogP contribution in [-0.4, -0.2) is 44.1 Å². The van der Waals surface area contributed by atoms with Crippen LogP contribution in [0.3, 0.4) is 0 Å². The van der Waals surface area contributed by atoms with Gasteiger partial charge in [-0.3, -0.25) is 14.9 Å². The van der Waals surface area contributed by atoms with Gasteiger partial charge in [-0.25, -0.2) is 4.98 Å². The van der Waals surface area contributed by atoms with Crippen LogP contribution >= 0.6 is 0 Å². The number of piperidine rings is 1. The number of H-pyrrole nitrogens is 1. The zero-order valence-electron chi connectivity index (χ0n) is 15.4. The molecular formula is C20H23N5O. The second-order valence-corrected chi connectivity index (χ2v) is 7.15. The Kier molecular flexibility index (Phi) is 4.18. The van der Waals surface area contributed by atoms with Crippen LogP contribution in [0.5, 0.6) is 0 Å². The summed E-state index contributed by atoms with van der Waals surface area (Å²) in [5.74, 6) is 1.37. The third kappa shape index (κ3) is 2.85. The zero-order valence-corrected chi connectivity index (χ0v) is 15.4. The van der Waals surface area contributed by atoms with Gasteiger partial charge in [0.25, 0.3) is 5.91 Å². The number of likely N-dealkylation sites (tertiary alicyclic amines) is 1. The second kappa shape index (κ2) is 6.52. The molecule has 1 aliphatic heterocycles. The number of rotatable bonds is 2. The first-order valence-corrected chi connectivity index (χ1v) is 9.06. The lowest BCUT2D eigenvalue weighted by atomic mass is 9.95.